The first-order chi connectivity index (χ1) is 9.47. The van der Waals surface area contributed by atoms with Crippen LogP contribution in [0, 0.1) is 0 Å². The van der Waals surface area contributed by atoms with Crippen molar-refractivity contribution in [3.05, 3.63) is 0 Å². The van der Waals surface area contributed by atoms with E-state index in [-0.39, 0.29) is 29.9 Å². The van der Waals surface area contributed by atoms with Gasteiger partial charge in [-0.3, -0.25) is 14.9 Å². The molecule has 0 saturated carbocycles. The van der Waals surface area contributed by atoms with Gasteiger partial charge in [-0.2, -0.15) is 0 Å². The lowest BCUT2D eigenvalue weighted by Gasteiger charge is -2.36. The number of hydrogen-bond donors (Lipinski definition) is 2. The van der Waals surface area contributed by atoms with Crippen molar-refractivity contribution in [3.63, 3.8) is 0 Å². The van der Waals surface area contributed by atoms with Gasteiger partial charge in [0.15, 0.2) is 0 Å². The lowest BCUT2D eigenvalue weighted by molar-refractivity contribution is -0.135. The van der Waals surface area contributed by atoms with E-state index in [2.05, 4.69) is 10.6 Å². The van der Waals surface area contributed by atoms with Crippen molar-refractivity contribution < 1.29 is 14.4 Å². The number of nitrogens with one attached hydrogen (secondary N) is 2. The van der Waals surface area contributed by atoms with Crippen molar-refractivity contribution in [2.75, 3.05) is 27.2 Å². The number of nitrogens with zero attached hydrogens (tertiary/aromatic N) is 2. The van der Waals surface area contributed by atoms with Crippen LogP contribution < -0.4 is 10.6 Å². The van der Waals surface area contributed by atoms with E-state index in [0.29, 0.717) is 25.9 Å². The summed E-state index contributed by atoms with van der Waals surface area (Å²) in [6, 6.07) is -0.0246. The van der Waals surface area contributed by atoms with E-state index in [0.717, 1.165) is 12.8 Å². The fourth-order valence-electron chi connectivity index (χ4n) is 2.66. The minimum absolute atomic E-state index is 0.0319. The number of likely N-dealkylation sites (tertiary alicyclic amines) is 1. The Kier molecular flexibility index (Phi) is 4.59. The smallest absolute Gasteiger partial charge is 0.319 e. The van der Waals surface area contributed by atoms with Crippen molar-refractivity contribution in [2.24, 2.45) is 0 Å². The van der Waals surface area contributed by atoms with Crippen molar-refractivity contribution in [3.8, 4) is 0 Å². The quantitative estimate of drug-likeness (QED) is 0.671. The van der Waals surface area contributed by atoms with Crippen molar-refractivity contribution in [1.29, 1.82) is 0 Å². The maximum atomic E-state index is 11.8. The van der Waals surface area contributed by atoms with E-state index in [1.807, 2.05) is 4.90 Å². The molecule has 0 aromatic heterocycles. The number of imide groups is 1. The van der Waals surface area contributed by atoms with Crippen LogP contribution in [-0.4, -0.2) is 66.9 Å². The lowest BCUT2D eigenvalue weighted by atomic mass is 10.0. The lowest BCUT2D eigenvalue weighted by Crippen LogP contribution is -2.56. The van der Waals surface area contributed by atoms with Gasteiger partial charge in [0.25, 0.3) is 0 Å². The molecule has 7 nitrogen and oxygen atoms in total. The van der Waals surface area contributed by atoms with Gasteiger partial charge in [0.05, 0.1) is 6.04 Å². The summed E-state index contributed by atoms with van der Waals surface area (Å²) < 4.78 is 0. The van der Waals surface area contributed by atoms with Crippen molar-refractivity contribution in [2.45, 2.75) is 37.8 Å². The van der Waals surface area contributed by atoms with Crippen LogP contribution in [0.1, 0.15) is 25.7 Å². The molecule has 2 N–H and O–H groups in total. The Morgan fingerprint density at radius 3 is 2.45 bits per heavy atom. The fourth-order valence-corrected chi connectivity index (χ4v) is 2.66. The van der Waals surface area contributed by atoms with Gasteiger partial charge < -0.3 is 15.1 Å². The molecular weight excluding hydrogens is 260 g/mol. The van der Waals surface area contributed by atoms with Crippen LogP contribution in [0.5, 0.6) is 0 Å². The molecule has 7 heteroatoms. The molecule has 2 aliphatic rings. The average Bonchev–Trinajstić information content (AvgIpc) is 2.42. The molecule has 1 atom stereocenters. The summed E-state index contributed by atoms with van der Waals surface area (Å²) in [6.45, 7) is 1.39. The predicted molar refractivity (Wildman–Crippen MR) is 73.0 cm³/mol. The molecule has 4 amide bonds. The summed E-state index contributed by atoms with van der Waals surface area (Å²) in [4.78, 5) is 38.0. The topological polar surface area (TPSA) is 81.8 Å². The standard InChI is InChI=1S/C13H22N4O3/c1-16(2)13(20)17-7-5-9(6-8-17)14-10-3-4-11(18)15-12(10)19/h9-10,14H,3-8H2,1-2H3,(H,15,18,19). The monoisotopic (exact) mass is 282 g/mol. The van der Waals surface area contributed by atoms with Gasteiger partial charge >= 0.3 is 6.03 Å². The zero-order valence-corrected chi connectivity index (χ0v) is 12.0. The number of amides is 4. The molecule has 2 aliphatic heterocycles. The average molecular weight is 282 g/mol. The molecule has 112 valence electrons. The van der Waals surface area contributed by atoms with E-state index in [4.69, 9.17) is 0 Å². The number of urea groups is 1. The second-order valence-electron chi connectivity index (χ2n) is 5.61. The molecule has 0 aromatic carbocycles. The first-order valence-corrected chi connectivity index (χ1v) is 7.03. The van der Waals surface area contributed by atoms with Gasteiger partial charge in [-0.25, -0.2) is 4.79 Å². The normalized spacial score (nSPS) is 24.5. The summed E-state index contributed by atoms with van der Waals surface area (Å²) in [5.41, 5.74) is 0. The minimum Gasteiger partial charge on any atom is -0.331 e. The summed E-state index contributed by atoms with van der Waals surface area (Å²) in [5.74, 6) is -0.424. The highest BCUT2D eigenvalue weighted by Gasteiger charge is 2.30. The SMILES string of the molecule is CN(C)C(=O)N1CCC(NC2CCC(=O)NC2=O)CC1. The number of hydrogen-bond acceptors (Lipinski definition) is 4. The molecule has 0 aromatic rings. The second kappa shape index (κ2) is 6.21. The van der Waals surface area contributed by atoms with Crippen molar-refractivity contribution >= 4 is 17.8 Å². The molecule has 20 heavy (non-hydrogen) atoms. The Hall–Kier alpha value is -1.63. The maximum Gasteiger partial charge on any atom is 0.319 e. The first kappa shape index (κ1) is 14.8. The second-order valence-corrected chi connectivity index (χ2v) is 5.61. The van der Waals surface area contributed by atoms with Crippen molar-refractivity contribution in [1.82, 2.24) is 20.4 Å². The predicted octanol–water partition coefficient (Wildman–Crippen LogP) is -0.473. The van der Waals surface area contributed by atoms with E-state index in [9.17, 15) is 14.4 Å². The summed E-state index contributed by atoms with van der Waals surface area (Å²) in [6.07, 6.45) is 2.61. The third-order valence-corrected chi connectivity index (χ3v) is 3.82. The number of piperidine rings is 2. The van der Waals surface area contributed by atoms with Crippen LogP contribution in [0.25, 0.3) is 0 Å². The molecule has 2 fully saturated rings. The van der Waals surface area contributed by atoms with Gasteiger partial charge in [0.2, 0.25) is 11.8 Å². The van der Waals surface area contributed by atoms with E-state index in [1.54, 1.807) is 19.0 Å². The number of carbonyl (C=O) groups excluding carboxylic acids is 3. The minimum atomic E-state index is -0.284. The Labute approximate surface area is 118 Å². The third-order valence-electron chi connectivity index (χ3n) is 3.82. The fraction of sp³-hybridized carbons (Fsp3) is 0.769. The highest BCUT2D eigenvalue weighted by atomic mass is 16.2. The van der Waals surface area contributed by atoms with Gasteiger partial charge in [0, 0.05) is 39.6 Å². The molecule has 0 bridgehead atoms. The molecule has 0 aliphatic carbocycles. The maximum absolute atomic E-state index is 11.8. The highest BCUT2D eigenvalue weighted by Crippen LogP contribution is 2.14. The van der Waals surface area contributed by atoms with Gasteiger partial charge in [0.1, 0.15) is 0 Å². The summed E-state index contributed by atoms with van der Waals surface area (Å²) >= 11 is 0. The number of rotatable bonds is 2. The Morgan fingerprint density at radius 2 is 1.90 bits per heavy atom. The van der Waals surface area contributed by atoms with E-state index in [1.165, 1.54) is 0 Å². The largest absolute Gasteiger partial charge is 0.331 e. The Bertz CT molecular complexity index is 402. The van der Waals surface area contributed by atoms with Gasteiger partial charge in [-0.05, 0) is 19.3 Å². The molecule has 2 saturated heterocycles. The summed E-state index contributed by atoms with van der Waals surface area (Å²) in [7, 11) is 3.49. The highest BCUT2D eigenvalue weighted by molar-refractivity contribution is 6.00. The number of carbonyl (C=O) groups is 3. The van der Waals surface area contributed by atoms with Gasteiger partial charge in [-0.15, -0.1) is 0 Å². The van der Waals surface area contributed by atoms with Crippen LogP contribution in [0.4, 0.5) is 4.79 Å². The zero-order valence-electron chi connectivity index (χ0n) is 12.0. The molecule has 0 spiro atoms. The van der Waals surface area contributed by atoms with E-state index < -0.39 is 0 Å². The van der Waals surface area contributed by atoms with Crippen LogP contribution >= 0.6 is 0 Å². The van der Waals surface area contributed by atoms with E-state index >= 15 is 0 Å². The molecule has 2 rings (SSSR count). The Balaban J connectivity index is 1.78. The third kappa shape index (κ3) is 3.47. The molecular formula is C13H22N4O3. The van der Waals surface area contributed by atoms with Crippen LogP contribution in [0.15, 0.2) is 0 Å². The summed E-state index contributed by atoms with van der Waals surface area (Å²) in [5, 5.41) is 5.65. The Morgan fingerprint density at radius 1 is 1.25 bits per heavy atom. The molecule has 1 unspecified atom stereocenters. The zero-order chi connectivity index (χ0) is 14.7. The van der Waals surface area contributed by atoms with Crippen LogP contribution in [-0.2, 0) is 9.59 Å². The van der Waals surface area contributed by atoms with Gasteiger partial charge in [-0.1, -0.05) is 0 Å². The molecule has 0 radical (unpaired) electrons. The van der Waals surface area contributed by atoms with Crippen LogP contribution in [0.3, 0.4) is 0 Å². The molecule has 2 heterocycles. The first-order valence-electron chi connectivity index (χ1n) is 7.03. The van der Waals surface area contributed by atoms with Crippen LogP contribution in [0.2, 0.25) is 0 Å².